The van der Waals surface area contributed by atoms with E-state index in [0.29, 0.717) is 12.1 Å². The Morgan fingerprint density at radius 2 is 0.674 bits per heavy atom. The minimum absolute atomic E-state index is 0. The summed E-state index contributed by atoms with van der Waals surface area (Å²) in [5.41, 5.74) is -3.55. The zero-order valence-corrected chi connectivity index (χ0v) is 55.4. The molecule has 485 valence electrons. The van der Waals surface area contributed by atoms with E-state index in [4.69, 9.17) is 23.2 Å². The first-order chi connectivity index (χ1) is 44.0. The van der Waals surface area contributed by atoms with Gasteiger partial charge in [0, 0.05) is 51.7 Å². The molecule has 0 aliphatic rings. The van der Waals surface area contributed by atoms with Crippen LogP contribution in [0, 0.1) is 0 Å². The molecule has 0 spiro atoms. The molecule has 0 atom stereocenters. The molecule has 0 unspecified atom stereocenters. The van der Waals surface area contributed by atoms with Crippen molar-refractivity contribution in [2.75, 3.05) is 21.3 Å². The molecule has 0 bridgehead atoms. The molecule has 0 amide bonds. The summed E-state index contributed by atoms with van der Waals surface area (Å²) in [6.45, 7) is 0. The minimum atomic E-state index is -5.30. The van der Waals surface area contributed by atoms with Gasteiger partial charge in [-0.15, -0.1) is 10.2 Å². The van der Waals surface area contributed by atoms with E-state index in [0.717, 1.165) is 60.7 Å². The molecule has 12 N–H and O–H groups in total. The quantitative estimate of drug-likeness (QED) is 0.0146. The van der Waals surface area contributed by atoms with Crippen molar-refractivity contribution in [1.82, 2.24) is 29.9 Å². The van der Waals surface area contributed by atoms with Crippen LogP contribution in [0.25, 0.3) is 33.7 Å². The number of anilines is 8. The molecule has 2 heterocycles. The maximum atomic E-state index is 12.9. The van der Waals surface area contributed by atoms with Crippen LogP contribution >= 0.6 is 23.2 Å². The number of phenolic OH excluding ortho intramolecular Hbond substituents is 2. The standard InChI is InChI=1S/C52H36Cl2N14O20S6.Na/c53-47-59-49(63-51(61-47)57-43-35(89(71,72)73)19-17-31-39(93(83,84)85)23-33(45(69)41(31)43)67-65-27-7-3-1-4-8-27)55-29-15-13-25(37(21-29)91(77,78)79)11-12-26-14-16-30(22-38(26)92(80,81)82)56-50-60-48(54)62-52(64-50)58-44-36(90(74,75)76)20-18-32-40(94(86,87)88)24-34(46(70)42(32)44)68-66-28-9-5-2-6-10-28;/h1-24,69-70H,(H,71,72,73)(H,74,75,76)(H,77,78,79)(H,80,81,82)(H,83,84,85)(H,86,87,88)(H2,55,57,59,61,63)(H2,56,58,60,62,64);. The van der Waals surface area contributed by atoms with E-state index < -0.39 is 180 Å². The topological polar surface area (TPSA) is 542 Å². The largest absolute Gasteiger partial charge is 0.505 e. The molecule has 0 saturated carbocycles. The van der Waals surface area contributed by atoms with Crippen molar-refractivity contribution in [2.45, 2.75) is 29.4 Å². The number of benzene rings is 8. The van der Waals surface area contributed by atoms with Crippen molar-refractivity contribution in [2.24, 2.45) is 20.5 Å². The number of rotatable bonds is 20. The third kappa shape index (κ3) is 16.3. The summed E-state index contributed by atoms with van der Waals surface area (Å²) in [4.78, 5) is 18.2. The van der Waals surface area contributed by atoms with Gasteiger partial charge in [0.25, 0.3) is 60.7 Å². The molecule has 95 heavy (non-hydrogen) atoms. The minimum Gasteiger partial charge on any atom is -0.505 e. The Kier molecular flexibility index (Phi) is 20.1. The van der Waals surface area contributed by atoms with Gasteiger partial charge >= 0.3 is 0 Å². The predicted molar refractivity (Wildman–Crippen MR) is 342 cm³/mol. The molecule has 10 aromatic rings. The molecule has 1 radical (unpaired) electrons. The third-order valence-corrected chi connectivity index (χ3v) is 18.5. The van der Waals surface area contributed by atoms with Crippen LogP contribution in [-0.2, 0) is 60.7 Å². The first kappa shape index (κ1) is 70.4. The number of nitrogens with one attached hydrogen (secondary N) is 4. The van der Waals surface area contributed by atoms with Crippen molar-refractivity contribution >= 4 is 216 Å². The Bertz CT molecular complexity index is 5300. The van der Waals surface area contributed by atoms with Crippen molar-refractivity contribution in [3.8, 4) is 11.5 Å². The summed E-state index contributed by atoms with van der Waals surface area (Å²) in [6, 6.07) is 26.4. The summed E-state index contributed by atoms with van der Waals surface area (Å²) in [6.07, 6.45) is 2.01. The van der Waals surface area contributed by atoms with Gasteiger partial charge in [-0.05, 0) is 107 Å². The van der Waals surface area contributed by atoms with Gasteiger partial charge in [0.15, 0.2) is 11.5 Å². The van der Waals surface area contributed by atoms with Gasteiger partial charge in [-0.3, -0.25) is 27.3 Å². The summed E-state index contributed by atoms with van der Waals surface area (Å²) >= 11 is 12.5. The van der Waals surface area contributed by atoms with Crippen LogP contribution in [0.3, 0.4) is 0 Å². The Labute approximate surface area is 567 Å². The van der Waals surface area contributed by atoms with Crippen LogP contribution < -0.4 is 21.3 Å². The van der Waals surface area contributed by atoms with Crippen molar-refractivity contribution in [3.05, 3.63) is 155 Å². The number of aromatic hydroxyl groups is 2. The zero-order valence-electron chi connectivity index (χ0n) is 47.0. The maximum absolute atomic E-state index is 12.9. The third-order valence-electron chi connectivity index (χ3n) is 12.8. The Balaban J connectivity index is 0.0000106. The first-order valence-electron chi connectivity index (χ1n) is 25.3. The van der Waals surface area contributed by atoms with Gasteiger partial charge in [-0.2, -0.15) is 90.6 Å². The molecule has 34 nitrogen and oxygen atoms in total. The molecular formula is C52H36Cl2N14NaO20S6. The van der Waals surface area contributed by atoms with E-state index in [-0.39, 0.29) is 63.4 Å². The van der Waals surface area contributed by atoms with E-state index in [1.165, 1.54) is 36.4 Å². The average Bonchev–Trinajstić information content (AvgIpc) is 0.746. The van der Waals surface area contributed by atoms with Crippen LogP contribution in [0.15, 0.2) is 183 Å². The van der Waals surface area contributed by atoms with Crippen LogP contribution in [0.2, 0.25) is 10.6 Å². The summed E-state index contributed by atoms with van der Waals surface area (Å²) < 4.78 is 216. The van der Waals surface area contributed by atoms with Crippen LogP contribution in [0.1, 0.15) is 11.1 Å². The van der Waals surface area contributed by atoms with Gasteiger partial charge in [0.1, 0.15) is 40.7 Å². The summed E-state index contributed by atoms with van der Waals surface area (Å²) in [7, 11) is -31.4. The molecule has 43 heteroatoms. The monoisotopic (exact) mass is 1460 g/mol. The number of phenols is 2. The summed E-state index contributed by atoms with van der Waals surface area (Å²) in [5, 5.41) is 45.0. The van der Waals surface area contributed by atoms with Gasteiger partial charge < -0.3 is 31.5 Å². The molecule has 8 aromatic carbocycles. The van der Waals surface area contributed by atoms with Gasteiger partial charge in [-0.1, -0.05) is 72.8 Å². The second-order valence-corrected chi connectivity index (χ2v) is 28.0. The number of hydrogen-bond acceptors (Lipinski definition) is 28. The second kappa shape index (κ2) is 27.1. The molecule has 0 aliphatic heterocycles. The molecular weight excluding hydrogens is 1430 g/mol. The normalized spacial score (nSPS) is 12.6. The van der Waals surface area contributed by atoms with Gasteiger partial charge in [0.2, 0.25) is 34.4 Å². The molecule has 0 aliphatic carbocycles. The zero-order chi connectivity index (χ0) is 68.0. The smallest absolute Gasteiger partial charge is 0.296 e. The maximum Gasteiger partial charge on any atom is 0.296 e. The SMILES string of the molecule is O=S(=O)(O)c1cc(Nc2nc(Cl)nc(Nc3c(S(=O)(=O)O)ccc4c(S(=O)(=O)O)cc(N=Nc5ccccc5)c(O)c34)n2)ccc1C=Cc1ccc(Nc2nc(Cl)nc(Nc3c(S(=O)(=O)O)ccc4c(S(=O)(=O)O)cc(N=Nc5ccccc5)c(O)c34)n2)cc1S(=O)(=O)O.[Na]. The van der Waals surface area contributed by atoms with E-state index in [1.54, 1.807) is 36.4 Å². The fourth-order valence-corrected chi connectivity index (χ4v) is 13.3. The van der Waals surface area contributed by atoms with E-state index in [1.807, 2.05) is 0 Å². The Hall–Kier alpha value is -8.92. The number of nitrogens with zero attached hydrogens (tertiary/aromatic N) is 10. The number of fused-ring (bicyclic) bond motifs is 2. The van der Waals surface area contributed by atoms with E-state index in [2.05, 4.69) is 71.6 Å². The van der Waals surface area contributed by atoms with Crippen LogP contribution in [0.5, 0.6) is 11.5 Å². The molecule has 2 aromatic heterocycles. The van der Waals surface area contributed by atoms with Crippen LogP contribution in [-0.4, -0.2) is 147 Å². The number of azo groups is 2. The number of halogens is 2. The van der Waals surface area contributed by atoms with E-state index >= 15 is 0 Å². The predicted octanol–water partition coefficient (Wildman–Crippen LogP) is 10.2. The molecule has 0 fully saturated rings. The second-order valence-electron chi connectivity index (χ2n) is 19.0. The van der Waals surface area contributed by atoms with Gasteiger partial charge in [-0.25, -0.2) is 0 Å². The number of aromatic nitrogens is 6. The van der Waals surface area contributed by atoms with Crippen molar-refractivity contribution in [1.29, 1.82) is 0 Å². The van der Waals surface area contributed by atoms with Gasteiger partial charge in [0.05, 0.1) is 33.5 Å². The van der Waals surface area contributed by atoms with Crippen LogP contribution in [0.4, 0.5) is 69.3 Å². The summed E-state index contributed by atoms with van der Waals surface area (Å²) in [5.74, 6) is -4.36. The molecule has 0 saturated heterocycles. The fraction of sp³-hybridized carbons (Fsp3) is 0. The number of hydrogen-bond donors (Lipinski definition) is 12. The fourth-order valence-electron chi connectivity index (χ4n) is 8.87. The first-order valence-corrected chi connectivity index (χ1v) is 34.7. The Morgan fingerprint density at radius 3 is 0.989 bits per heavy atom. The van der Waals surface area contributed by atoms with E-state index in [9.17, 15) is 88.0 Å². The van der Waals surface area contributed by atoms with Crippen molar-refractivity contribution < 1.29 is 88.0 Å². The molecule has 10 rings (SSSR count). The van der Waals surface area contributed by atoms with Crippen molar-refractivity contribution in [3.63, 3.8) is 0 Å². The average molecular weight is 1460 g/mol. The Morgan fingerprint density at radius 1 is 0.358 bits per heavy atom.